The van der Waals surface area contributed by atoms with E-state index in [9.17, 15) is 0 Å². The van der Waals surface area contributed by atoms with Gasteiger partial charge in [-0.05, 0) is 29.8 Å². The first kappa shape index (κ1) is 14.1. The Hall–Kier alpha value is -2.36. The summed E-state index contributed by atoms with van der Waals surface area (Å²) >= 11 is 0. The van der Waals surface area contributed by atoms with Gasteiger partial charge in [-0.1, -0.05) is 12.1 Å². The lowest BCUT2D eigenvalue weighted by Crippen LogP contribution is -2.03. The second-order valence-electron chi connectivity index (χ2n) is 4.36. The van der Waals surface area contributed by atoms with Crippen LogP contribution in [0.5, 0.6) is 17.2 Å². The molecule has 2 aromatic rings. The highest BCUT2D eigenvalue weighted by Crippen LogP contribution is 2.29. The van der Waals surface area contributed by atoms with Crippen LogP contribution in [-0.4, -0.2) is 20.8 Å². The number of ether oxygens (including phenoxy) is 3. The zero-order valence-electron chi connectivity index (χ0n) is 11.8. The quantitative estimate of drug-likeness (QED) is 0.822. The number of anilines is 1. The Bertz CT molecular complexity index is 552. The Balaban J connectivity index is 1.93. The van der Waals surface area contributed by atoms with E-state index < -0.39 is 0 Å². The highest BCUT2D eigenvalue weighted by molar-refractivity contribution is 5.51. The predicted octanol–water partition coefficient (Wildman–Crippen LogP) is 2.91. The molecule has 2 aromatic carbocycles. The van der Waals surface area contributed by atoms with E-state index in [2.05, 4.69) is 0 Å². The van der Waals surface area contributed by atoms with Gasteiger partial charge in [0.2, 0.25) is 0 Å². The van der Waals surface area contributed by atoms with Crippen LogP contribution in [0.3, 0.4) is 0 Å². The number of rotatable bonds is 6. The molecular weight excluding hydrogens is 254 g/mol. The molecule has 0 aliphatic rings. The third-order valence-electron chi connectivity index (χ3n) is 3.00. The van der Waals surface area contributed by atoms with Crippen LogP contribution in [0.15, 0.2) is 42.5 Å². The molecule has 0 saturated carbocycles. The molecule has 0 fully saturated rings. The van der Waals surface area contributed by atoms with Crippen LogP contribution in [-0.2, 0) is 6.42 Å². The molecule has 0 aliphatic heterocycles. The van der Waals surface area contributed by atoms with E-state index in [0.29, 0.717) is 23.8 Å². The Morgan fingerprint density at radius 3 is 2.30 bits per heavy atom. The van der Waals surface area contributed by atoms with Gasteiger partial charge in [0.25, 0.3) is 0 Å². The van der Waals surface area contributed by atoms with Crippen LogP contribution >= 0.6 is 0 Å². The van der Waals surface area contributed by atoms with Crippen molar-refractivity contribution >= 4 is 5.69 Å². The van der Waals surface area contributed by atoms with Crippen LogP contribution < -0.4 is 19.9 Å². The van der Waals surface area contributed by atoms with E-state index in [4.69, 9.17) is 19.9 Å². The largest absolute Gasteiger partial charge is 0.497 e. The second kappa shape index (κ2) is 6.70. The van der Waals surface area contributed by atoms with Crippen molar-refractivity contribution < 1.29 is 14.2 Å². The second-order valence-corrected chi connectivity index (χ2v) is 4.36. The van der Waals surface area contributed by atoms with Crippen molar-refractivity contribution in [1.29, 1.82) is 0 Å². The molecule has 0 heterocycles. The lowest BCUT2D eigenvalue weighted by molar-refractivity contribution is 0.298. The molecule has 0 atom stereocenters. The van der Waals surface area contributed by atoms with E-state index in [0.717, 1.165) is 12.2 Å². The molecule has 0 radical (unpaired) electrons. The Morgan fingerprint density at radius 1 is 0.900 bits per heavy atom. The van der Waals surface area contributed by atoms with Crippen molar-refractivity contribution in [2.24, 2.45) is 0 Å². The van der Waals surface area contributed by atoms with Gasteiger partial charge >= 0.3 is 0 Å². The van der Waals surface area contributed by atoms with Crippen LogP contribution in [0.2, 0.25) is 0 Å². The Morgan fingerprint density at radius 2 is 1.65 bits per heavy atom. The van der Waals surface area contributed by atoms with Crippen molar-refractivity contribution in [3.63, 3.8) is 0 Å². The minimum absolute atomic E-state index is 0.562. The van der Waals surface area contributed by atoms with Crippen LogP contribution in [0.25, 0.3) is 0 Å². The predicted molar refractivity (Wildman–Crippen MR) is 79.6 cm³/mol. The fourth-order valence-corrected chi connectivity index (χ4v) is 1.88. The molecule has 4 nitrogen and oxygen atoms in total. The summed E-state index contributed by atoms with van der Waals surface area (Å²) in [7, 11) is 3.27. The molecule has 0 saturated heterocycles. The fourth-order valence-electron chi connectivity index (χ4n) is 1.88. The maximum absolute atomic E-state index is 5.75. The average Bonchev–Trinajstić information content (AvgIpc) is 2.48. The van der Waals surface area contributed by atoms with Gasteiger partial charge in [0.15, 0.2) is 11.5 Å². The van der Waals surface area contributed by atoms with Crippen LogP contribution in [0.1, 0.15) is 5.56 Å². The summed E-state index contributed by atoms with van der Waals surface area (Å²) in [6.07, 6.45) is 0.807. The summed E-state index contributed by atoms with van der Waals surface area (Å²) in [6.45, 7) is 0.562. The summed E-state index contributed by atoms with van der Waals surface area (Å²) in [5, 5.41) is 0. The maximum Gasteiger partial charge on any atom is 0.163 e. The zero-order valence-corrected chi connectivity index (χ0v) is 11.8. The molecule has 20 heavy (non-hydrogen) atoms. The summed E-state index contributed by atoms with van der Waals surface area (Å²) < 4.78 is 16.1. The summed E-state index contributed by atoms with van der Waals surface area (Å²) in [4.78, 5) is 0. The number of nitrogen functional groups attached to an aromatic ring is 1. The molecule has 0 unspecified atom stereocenters. The number of hydrogen-bond donors (Lipinski definition) is 1. The molecule has 0 amide bonds. The Kier molecular flexibility index (Phi) is 4.71. The van der Waals surface area contributed by atoms with Crippen LogP contribution in [0.4, 0.5) is 5.69 Å². The van der Waals surface area contributed by atoms with Gasteiger partial charge < -0.3 is 19.9 Å². The molecule has 0 aromatic heterocycles. The lowest BCUT2D eigenvalue weighted by atomic mass is 10.1. The highest BCUT2D eigenvalue weighted by Gasteiger charge is 2.04. The monoisotopic (exact) mass is 273 g/mol. The van der Waals surface area contributed by atoms with Crippen molar-refractivity contribution in [2.75, 3.05) is 26.6 Å². The first-order chi connectivity index (χ1) is 9.72. The molecule has 0 bridgehead atoms. The zero-order chi connectivity index (χ0) is 14.4. The van der Waals surface area contributed by atoms with Crippen molar-refractivity contribution in [3.8, 4) is 17.2 Å². The van der Waals surface area contributed by atoms with Gasteiger partial charge in [0.05, 0.1) is 20.8 Å². The summed E-state index contributed by atoms with van der Waals surface area (Å²) in [6, 6.07) is 13.3. The van der Waals surface area contributed by atoms with E-state index in [-0.39, 0.29) is 0 Å². The van der Waals surface area contributed by atoms with Gasteiger partial charge in [0, 0.05) is 18.2 Å². The third kappa shape index (κ3) is 3.57. The minimum atomic E-state index is 0.562. The standard InChI is InChI=1S/C16H19NO3/c1-18-14-6-3-12(4-7-14)9-10-20-16-11-13(17)5-8-15(16)19-2/h3-8,11H,9-10,17H2,1-2H3. The molecule has 2 rings (SSSR count). The van der Waals surface area contributed by atoms with Gasteiger partial charge in [0.1, 0.15) is 5.75 Å². The number of nitrogens with two attached hydrogens (primary N) is 1. The van der Waals surface area contributed by atoms with Gasteiger partial charge in [-0.3, -0.25) is 0 Å². The number of hydrogen-bond acceptors (Lipinski definition) is 4. The number of benzene rings is 2. The normalized spacial score (nSPS) is 10.1. The Labute approximate surface area is 119 Å². The van der Waals surface area contributed by atoms with E-state index in [1.807, 2.05) is 24.3 Å². The van der Waals surface area contributed by atoms with Crippen LogP contribution in [0, 0.1) is 0 Å². The summed E-state index contributed by atoms with van der Waals surface area (Å²) in [5.74, 6) is 2.21. The van der Waals surface area contributed by atoms with Crippen molar-refractivity contribution in [2.45, 2.75) is 6.42 Å². The number of methoxy groups -OCH3 is 2. The first-order valence-corrected chi connectivity index (χ1v) is 6.42. The highest BCUT2D eigenvalue weighted by atomic mass is 16.5. The van der Waals surface area contributed by atoms with Gasteiger partial charge in [-0.2, -0.15) is 0 Å². The molecule has 0 aliphatic carbocycles. The van der Waals surface area contributed by atoms with Crippen molar-refractivity contribution in [3.05, 3.63) is 48.0 Å². The lowest BCUT2D eigenvalue weighted by Gasteiger charge is -2.11. The third-order valence-corrected chi connectivity index (χ3v) is 3.00. The fraction of sp³-hybridized carbons (Fsp3) is 0.250. The minimum Gasteiger partial charge on any atom is -0.497 e. The van der Waals surface area contributed by atoms with E-state index in [1.54, 1.807) is 32.4 Å². The van der Waals surface area contributed by atoms with E-state index >= 15 is 0 Å². The topological polar surface area (TPSA) is 53.7 Å². The van der Waals surface area contributed by atoms with Crippen molar-refractivity contribution in [1.82, 2.24) is 0 Å². The molecule has 106 valence electrons. The van der Waals surface area contributed by atoms with Gasteiger partial charge in [-0.15, -0.1) is 0 Å². The average molecular weight is 273 g/mol. The van der Waals surface area contributed by atoms with Gasteiger partial charge in [-0.25, -0.2) is 0 Å². The SMILES string of the molecule is COc1ccc(CCOc2cc(N)ccc2OC)cc1. The summed E-state index contributed by atoms with van der Waals surface area (Å²) in [5.41, 5.74) is 7.59. The van der Waals surface area contributed by atoms with E-state index in [1.165, 1.54) is 5.56 Å². The smallest absolute Gasteiger partial charge is 0.163 e. The maximum atomic E-state index is 5.75. The molecule has 0 spiro atoms. The molecule has 4 heteroatoms. The first-order valence-electron chi connectivity index (χ1n) is 6.42. The molecule has 2 N–H and O–H groups in total. The molecular formula is C16H19NO3.